The van der Waals surface area contributed by atoms with Gasteiger partial charge in [0.25, 0.3) is 5.56 Å². The number of nitrogens with zero attached hydrogens (tertiary/aromatic N) is 6. The first kappa shape index (κ1) is 22.8. The number of rotatable bonds is 7. The van der Waals surface area contributed by atoms with Crippen LogP contribution in [0.3, 0.4) is 0 Å². The lowest BCUT2D eigenvalue weighted by Gasteiger charge is -2.21. The maximum atomic E-state index is 13.3. The number of carbonyl (C=O) groups is 1. The number of halogens is 1. The number of carboxylic acid groups (broad SMARTS) is 1. The molecule has 32 heavy (non-hydrogen) atoms. The van der Waals surface area contributed by atoms with Gasteiger partial charge in [-0.1, -0.05) is 17.7 Å². The summed E-state index contributed by atoms with van der Waals surface area (Å²) in [6, 6.07) is 6.40. The van der Waals surface area contributed by atoms with Gasteiger partial charge in [0.2, 0.25) is 0 Å². The predicted octanol–water partition coefficient (Wildman–Crippen LogP) is 2.47. The number of anilines is 2. The summed E-state index contributed by atoms with van der Waals surface area (Å²) in [6.07, 6.45) is 0.551. The van der Waals surface area contributed by atoms with Crippen LogP contribution in [0.2, 0.25) is 5.02 Å². The van der Waals surface area contributed by atoms with Gasteiger partial charge in [0.1, 0.15) is 35.4 Å². The van der Waals surface area contributed by atoms with Crippen LogP contribution in [0.1, 0.15) is 30.8 Å². The molecule has 1 atom stereocenters. The van der Waals surface area contributed by atoms with Gasteiger partial charge in [0, 0.05) is 20.1 Å². The van der Waals surface area contributed by atoms with Crippen molar-refractivity contribution in [3.63, 3.8) is 0 Å². The Morgan fingerprint density at radius 1 is 1.44 bits per heavy atom. The van der Waals surface area contributed by atoms with Gasteiger partial charge in [-0.3, -0.25) is 9.36 Å². The molecule has 2 aromatic heterocycles. The fourth-order valence-corrected chi connectivity index (χ4v) is 3.49. The molecule has 12 heteroatoms. The second-order valence-electron chi connectivity index (χ2n) is 7.08. The van der Waals surface area contributed by atoms with Crippen LogP contribution < -0.4 is 16.6 Å². The van der Waals surface area contributed by atoms with Crippen molar-refractivity contribution >= 4 is 40.2 Å². The number of nitriles is 1. The Bertz CT molecular complexity index is 1270. The Kier molecular flexibility index (Phi) is 6.75. The molecular formula is C20H21ClN8O3. The fourth-order valence-electron chi connectivity index (χ4n) is 3.24. The minimum Gasteiger partial charge on any atom is -0.465 e. The molecule has 1 amide bonds. The van der Waals surface area contributed by atoms with Gasteiger partial charge in [-0.15, -0.1) is 0 Å². The first-order valence-corrected chi connectivity index (χ1v) is 10.0. The van der Waals surface area contributed by atoms with Crippen LogP contribution in [0.4, 0.5) is 16.4 Å². The highest BCUT2D eigenvalue weighted by Crippen LogP contribution is 2.24. The molecule has 11 nitrogen and oxygen atoms in total. The van der Waals surface area contributed by atoms with E-state index in [1.165, 1.54) is 17.9 Å². The predicted molar refractivity (Wildman–Crippen MR) is 119 cm³/mol. The van der Waals surface area contributed by atoms with E-state index in [1.54, 1.807) is 25.1 Å². The number of hydrogen-bond donors (Lipinski definition) is 3. The van der Waals surface area contributed by atoms with Crippen LogP contribution in [-0.4, -0.2) is 49.2 Å². The Balaban J connectivity index is 2.04. The van der Waals surface area contributed by atoms with E-state index < -0.39 is 12.1 Å². The quantitative estimate of drug-likeness (QED) is 0.484. The van der Waals surface area contributed by atoms with Gasteiger partial charge in [-0.05, 0) is 25.5 Å². The molecule has 0 saturated carbocycles. The van der Waals surface area contributed by atoms with Crippen molar-refractivity contribution in [2.75, 3.05) is 24.6 Å². The molecule has 2 heterocycles. The number of nitrogens with one attached hydrogen (secondary N) is 1. The van der Waals surface area contributed by atoms with Crippen molar-refractivity contribution in [3.8, 4) is 6.07 Å². The van der Waals surface area contributed by atoms with E-state index in [2.05, 4.69) is 20.3 Å². The van der Waals surface area contributed by atoms with Crippen LogP contribution in [-0.2, 0) is 6.54 Å². The average molecular weight is 457 g/mol. The summed E-state index contributed by atoms with van der Waals surface area (Å²) in [4.78, 5) is 38.0. The van der Waals surface area contributed by atoms with Crippen molar-refractivity contribution in [2.24, 2.45) is 0 Å². The molecule has 0 spiro atoms. The molecule has 0 radical (unpaired) electrons. The maximum Gasteiger partial charge on any atom is 0.407 e. The van der Waals surface area contributed by atoms with E-state index in [0.29, 0.717) is 17.8 Å². The van der Waals surface area contributed by atoms with Crippen LogP contribution in [0.25, 0.3) is 10.9 Å². The van der Waals surface area contributed by atoms with E-state index in [9.17, 15) is 14.9 Å². The summed E-state index contributed by atoms with van der Waals surface area (Å²) in [5, 5.41) is 22.1. The van der Waals surface area contributed by atoms with Gasteiger partial charge >= 0.3 is 6.09 Å². The molecule has 0 fully saturated rings. The van der Waals surface area contributed by atoms with Gasteiger partial charge in [-0.2, -0.15) is 5.26 Å². The highest BCUT2D eigenvalue weighted by Gasteiger charge is 2.20. The second-order valence-corrected chi connectivity index (χ2v) is 7.49. The number of fused-ring (bicyclic) bond motifs is 1. The van der Waals surface area contributed by atoms with Gasteiger partial charge in [0.05, 0.1) is 22.0 Å². The van der Waals surface area contributed by atoms with Crippen molar-refractivity contribution < 1.29 is 9.90 Å². The highest BCUT2D eigenvalue weighted by molar-refractivity contribution is 6.35. The zero-order valence-corrected chi connectivity index (χ0v) is 18.2. The molecule has 0 saturated heterocycles. The minimum absolute atomic E-state index is 0.0320. The summed E-state index contributed by atoms with van der Waals surface area (Å²) in [5.74, 6) is 0.624. The zero-order chi connectivity index (χ0) is 23.4. The van der Waals surface area contributed by atoms with Crippen LogP contribution in [0.15, 0.2) is 29.3 Å². The normalized spacial score (nSPS) is 11.7. The maximum absolute atomic E-state index is 13.3. The lowest BCUT2D eigenvalue weighted by molar-refractivity contribution is 0.155. The van der Waals surface area contributed by atoms with E-state index in [-0.39, 0.29) is 46.3 Å². The standard InChI is InChI=1S/C20H21ClN8O3/c1-11(26-17-12(9-22)16(23)24-10-25-17)18-27-14-6-3-5-13(21)15(14)19(30)29(18)8-4-7-28(2)20(31)32/h3,5-6,10-11H,4,7-8H2,1-2H3,(H,31,32)(H3,23,24,25,26). The van der Waals surface area contributed by atoms with Gasteiger partial charge in [0.15, 0.2) is 0 Å². The number of aromatic nitrogens is 4. The lowest BCUT2D eigenvalue weighted by atomic mass is 10.2. The molecule has 4 N–H and O–H groups in total. The largest absolute Gasteiger partial charge is 0.465 e. The molecule has 3 rings (SSSR count). The second kappa shape index (κ2) is 9.49. The van der Waals surface area contributed by atoms with Crippen LogP contribution in [0, 0.1) is 11.3 Å². The van der Waals surface area contributed by atoms with Crippen molar-refractivity contribution in [2.45, 2.75) is 25.9 Å². The molecule has 1 aromatic carbocycles. The molecule has 0 aliphatic carbocycles. The Hall–Kier alpha value is -3.91. The third-order valence-corrected chi connectivity index (χ3v) is 5.21. The van der Waals surface area contributed by atoms with Crippen molar-refractivity contribution in [1.82, 2.24) is 24.4 Å². The summed E-state index contributed by atoms with van der Waals surface area (Å²) in [6.45, 7) is 2.20. The molecule has 166 valence electrons. The SMILES string of the molecule is CC(Nc1ncnc(N)c1C#N)c1nc2cccc(Cl)c2c(=O)n1CCCN(C)C(=O)O. The van der Waals surface area contributed by atoms with E-state index in [1.807, 2.05) is 6.07 Å². The number of hydrogen-bond acceptors (Lipinski definition) is 8. The summed E-state index contributed by atoms with van der Waals surface area (Å²) >= 11 is 6.26. The topological polar surface area (TPSA) is 163 Å². The Labute approximate surface area is 188 Å². The Morgan fingerprint density at radius 3 is 2.88 bits per heavy atom. The summed E-state index contributed by atoms with van der Waals surface area (Å²) in [7, 11) is 1.45. The molecule has 0 aliphatic heterocycles. The molecule has 3 aromatic rings. The fraction of sp³-hybridized carbons (Fsp3) is 0.300. The molecule has 1 unspecified atom stereocenters. The number of nitrogen functional groups attached to an aromatic ring is 1. The number of amides is 1. The first-order valence-electron chi connectivity index (χ1n) is 9.64. The minimum atomic E-state index is -1.06. The van der Waals surface area contributed by atoms with Crippen LogP contribution >= 0.6 is 11.6 Å². The van der Waals surface area contributed by atoms with Gasteiger partial charge in [-0.25, -0.2) is 19.7 Å². The zero-order valence-electron chi connectivity index (χ0n) is 17.4. The number of nitrogens with two attached hydrogens (primary N) is 1. The summed E-state index contributed by atoms with van der Waals surface area (Å²) < 4.78 is 1.46. The lowest BCUT2D eigenvalue weighted by Crippen LogP contribution is -2.31. The number of benzene rings is 1. The highest BCUT2D eigenvalue weighted by atomic mass is 35.5. The Morgan fingerprint density at radius 2 is 2.19 bits per heavy atom. The van der Waals surface area contributed by atoms with E-state index in [4.69, 9.17) is 22.4 Å². The smallest absolute Gasteiger partial charge is 0.407 e. The monoisotopic (exact) mass is 456 g/mol. The molecule has 0 aliphatic rings. The molecular weight excluding hydrogens is 436 g/mol. The average Bonchev–Trinajstić information content (AvgIpc) is 2.74. The third-order valence-electron chi connectivity index (χ3n) is 4.89. The van der Waals surface area contributed by atoms with Gasteiger partial charge < -0.3 is 21.1 Å². The first-order chi connectivity index (χ1) is 15.2. The van der Waals surface area contributed by atoms with Crippen molar-refractivity contribution in [1.29, 1.82) is 5.26 Å². The third kappa shape index (κ3) is 4.55. The molecule has 0 bridgehead atoms. The van der Waals surface area contributed by atoms with E-state index in [0.717, 1.165) is 4.90 Å². The van der Waals surface area contributed by atoms with Crippen molar-refractivity contribution in [3.05, 3.63) is 51.3 Å². The van der Waals surface area contributed by atoms with Crippen LogP contribution in [0.5, 0.6) is 0 Å². The summed E-state index contributed by atoms with van der Waals surface area (Å²) in [5.41, 5.74) is 5.92. The van der Waals surface area contributed by atoms with E-state index >= 15 is 0 Å².